The molecule has 0 aromatic carbocycles. The maximum atomic E-state index is 11.0. The van der Waals surface area contributed by atoms with E-state index in [0.717, 1.165) is 0 Å². The van der Waals surface area contributed by atoms with Gasteiger partial charge in [-0.05, 0) is 26.2 Å². The summed E-state index contributed by atoms with van der Waals surface area (Å²) in [6.45, 7) is 3.25. The van der Waals surface area contributed by atoms with Crippen LogP contribution in [0.2, 0.25) is 0 Å². The molecule has 0 aliphatic heterocycles. The van der Waals surface area contributed by atoms with Crippen molar-refractivity contribution in [2.75, 3.05) is 0 Å². The lowest BCUT2D eigenvalue weighted by Gasteiger charge is -2.03. The summed E-state index contributed by atoms with van der Waals surface area (Å²) in [4.78, 5) is 21.5. The first kappa shape index (κ1) is 12.3. The summed E-state index contributed by atoms with van der Waals surface area (Å²) in [6, 6.07) is 0. The second-order valence-corrected chi connectivity index (χ2v) is 3.34. The molecule has 0 aromatic heterocycles. The zero-order chi connectivity index (χ0) is 10.3. The Bertz CT molecular complexity index is 175. The number of hydrogen-bond donors (Lipinski definition) is 0. The molecule has 0 aromatic rings. The molecule has 3 nitrogen and oxygen atoms in total. The minimum Gasteiger partial charge on any atom is -0.300 e. The molecule has 0 saturated carbocycles. The normalized spacial score (nSPS) is 12.5. The van der Waals surface area contributed by atoms with Crippen LogP contribution in [0.15, 0.2) is 0 Å². The van der Waals surface area contributed by atoms with Gasteiger partial charge in [0, 0.05) is 6.42 Å². The lowest BCUT2D eigenvalue weighted by molar-refractivity contribution is -0.125. The minimum atomic E-state index is -0.551. The van der Waals surface area contributed by atoms with Crippen molar-refractivity contribution in [2.24, 2.45) is 0 Å². The maximum absolute atomic E-state index is 11.0. The largest absolute Gasteiger partial charge is 0.300 e. The van der Waals surface area contributed by atoms with Gasteiger partial charge in [-0.3, -0.25) is 9.59 Å². The molecule has 1 unspecified atom stereocenters. The highest BCUT2D eigenvalue weighted by atomic mass is 16.3. The Morgan fingerprint density at radius 1 is 1.31 bits per heavy atom. The molecule has 0 saturated heterocycles. The van der Waals surface area contributed by atoms with Crippen molar-refractivity contribution in [3.63, 3.8) is 0 Å². The van der Waals surface area contributed by atoms with Crippen molar-refractivity contribution in [1.29, 1.82) is 0 Å². The zero-order valence-corrected chi connectivity index (χ0v) is 8.34. The van der Waals surface area contributed by atoms with E-state index in [1.54, 1.807) is 0 Å². The third-order valence-electron chi connectivity index (χ3n) is 1.88. The van der Waals surface area contributed by atoms with Crippen LogP contribution < -0.4 is 0 Å². The Kier molecular flexibility index (Phi) is 6.41. The lowest BCUT2D eigenvalue weighted by atomic mass is 10.1. The van der Waals surface area contributed by atoms with Crippen molar-refractivity contribution >= 4 is 11.6 Å². The zero-order valence-electron chi connectivity index (χ0n) is 8.34. The van der Waals surface area contributed by atoms with E-state index in [9.17, 15) is 14.7 Å². The van der Waals surface area contributed by atoms with Crippen molar-refractivity contribution in [3.05, 3.63) is 0 Å². The summed E-state index contributed by atoms with van der Waals surface area (Å²) >= 11 is 0. The van der Waals surface area contributed by atoms with E-state index in [-0.39, 0.29) is 18.0 Å². The second-order valence-electron chi connectivity index (χ2n) is 3.34. The summed E-state index contributed by atoms with van der Waals surface area (Å²) in [5.41, 5.74) is 0. The number of carbonyl (C=O) groups is 2. The van der Waals surface area contributed by atoms with E-state index < -0.39 is 6.10 Å². The standard InChI is InChI=1S/C10H17O3/c1-3-9(12)5-4-6-10(13)7-8(2)11/h9H,3-7H2,1-2H3. The molecular formula is C10H17O3. The molecule has 0 N–H and O–H groups in total. The molecule has 0 aliphatic rings. The van der Waals surface area contributed by atoms with E-state index in [2.05, 4.69) is 0 Å². The van der Waals surface area contributed by atoms with Crippen molar-refractivity contribution < 1.29 is 14.7 Å². The van der Waals surface area contributed by atoms with Crippen LogP contribution in [0.5, 0.6) is 0 Å². The average Bonchev–Trinajstić information content (AvgIpc) is 2.02. The molecule has 13 heavy (non-hydrogen) atoms. The van der Waals surface area contributed by atoms with Crippen molar-refractivity contribution in [2.45, 2.75) is 52.1 Å². The average molecular weight is 185 g/mol. The van der Waals surface area contributed by atoms with Gasteiger partial charge < -0.3 is 0 Å². The van der Waals surface area contributed by atoms with Gasteiger partial charge in [-0.1, -0.05) is 6.92 Å². The summed E-state index contributed by atoms with van der Waals surface area (Å²) in [5, 5.41) is 10.9. The number of hydrogen-bond acceptors (Lipinski definition) is 2. The molecule has 0 aliphatic carbocycles. The van der Waals surface area contributed by atoms with E-state index in [1.165, 1.54) is 6.92 Å². The Morgan fingerprint density at radius 3 is 2.38 bits per heavy atom. The molecule has 3 heteroatoms. The molecule has 0 fully saturated rings. The van der Waals surface area contributed by atoms with Crippen LogP contribution in [-0.2, 0) is 14.7 Å². The third-order valence-corrected chi connectivity index (χ3v) is 1.88. The van der Waals surface area contributed by atoms with Gasteiger partial charge in [0.2, 0.25) is 0 Å². The minimum absolute atomic E-state index is 0.0235. The summed E-state index contributed by atoms with van der Waals surface area (Å²) < 4.78 is 0. The van der Waals surface area contributed by atoms with Gasteiger partial charge in [-0.25, -0.2) is 5.11 Å². The van der Waals surface area contributed by atoms with Gasteiger partial charge >= 0.3 is 0 Å². The van der Waals surface area contributed by atoms with Crippen LogP contribution in [0.25, 0.3) is 0 Å². The first-order valence-corrected chi connectivity index (χ1v) is 4.73. The Morgan fingerprint density at radius 2 is 1.92 bits per heavy atom. The van der Waals surface area contributed by atoms with Crippen LogP contribution in [0.4, 0.5) is 0 Å². The molecule has 1 radical (unpaired) electrons. The van der Waals surface area contributed by atoms with Gasteiger partial charge in [0.15, 0.2) is 0 Å². The monoisotopic (exact) mass is 185 g/mol. The van der Waals surface area contributed by atoms with E-state index in [4.69, 9.17) is 0 Å². The van der Waals surface area contributed by atoms with Gasteiger partial charge in [0.25, 0.3) is 0 Å². The van der Waals surface area contributed by atoms with Crippen LogP contribution >= 0.6 is 0 Å². The van der Waals surface area contributed by atoms with Crippen molar-refractivity contribution in [3.8, 4) is 0 Å². The fraction of sp³-hybridized carbons (Fsp3) is 0.800. The maximum Gasteiger partial charge on any atom is 0.140 e. The Hall–Kier alpha value is -0.700. The van der Waals surface area contributed by atoms with E-state index >= 15 is 0 Å². The van der Waals surface area contributed by atoms with Gasteiger partial charge in [0.05, 0.1) is 12.5 Å². The SMILES string of the molecule is CCC([O])CCCC(=O)CC(C)=O. The van der Waals surface area contributed by atoms with Crippen LogP contribution in [0, 0.1) is 0 Å². The first-order valence-electron chi connectivity index (χ1n) is 4.73. The van der Waals surface area contributed by atoms with Gasteiger partial charge in [-0.15, -0.1) is 0 Å². The molecule has 0 rings (SSSR count). The summed E-state index contributed by atoms with van der Waals surface area (Å²) in [5.74, 6) is -0.144. The second kappa shape index (κ2) is 6.78. The van der Waals surface area contributed by atoms with Gasteiger partial charge in [-0.2, -0.15) is 0 Å². The molecule has 75 valence electrons. The number of carbonyl (C=O) groups excluding carboxylic acids is 2. The first-order chi connectivity index (χ1) is 6.06. The molecule has 0 heterocycles. The smallest absolute Gasteiger partial charge is 0.140 e. The highest BCUT2D eigenvalue weighted by Gasteiger charge is 2.07. The van der Waals surface area contributed by atoms with Crippen LogP contribution in [-0.4, -0.2) is 17.7 Å². The Labute approximate surface area is 79.1 Å². The topological polar surface area (TPSA) is 54.0 Å². The molecule has 0 amide bonds. The summed E-state index contributed by atoms with van der Waals surface area (Å²) in [7, 11) is 0. The van der Waals surface area contributed by atoms with Crippen LogP contribution in [0.3, 0.4) is 0 Å². The van der Waals surface area contributed by atoms with Crippen LogP contribution in [0.1, 0.15) is 46.0 Å². The number of ketones is 2. The predicted octanol–water partition coefficient (Wildman–Crippen LogP) is 1.91. The number of rotatable bonds is 7. The third kappa shape index (κ3) is 7.65. The van der Waals surface area contributed by atoms with E-state index in [0.29, 0.717) is 25.7 Å². The lowest BCUT2D eigenvalue weighted by Crippen LogP contribution is -2.07. The summed E-state index contributed by atoms with van der Waals surface area (Å²) in [6.07, 6.45) is 1.62. The molecular weight excluding hydrogens is 168 g/mol. The highest BCUT2D eigenvalue weighted by molar-refractivity contribution is 5.97. The van der Waals surface area contributed by atoms with Crippen molar-refractivity contribution in [1.82, 2.24) is 0 Å². The fourth-order valence-electron chi connectivity index (χ4n) is 1.10. The predicted molar refractivity (Wildman–Crippen MR) is 48.9 cm³/mol. The highest BCUT2D eigenvalue weighted by Crippen LogP contribution is 2.06. The number of Topliss-reactive ketones (excluding diaryl/α,β-unsaturated/α-hetero) is 2. The van der Waals surface area contributed by atoms with Gasteiger partial charge in [0.1, 0.15) is 11.6 Å². The molecule has 0 bridgehead atoms. The fourth-order valence-corrected chi connectivity index (χ4v) is 1.10. The molecule has 1 atom stereocenters. The Balaban J connectivity index is 3.42. The quantitative estimate of drug-likeness (QED) is 0.569. The molecule has 0 spiro atoms. The van der Waals surface area contributed by atoms with E-state index in [1.807, 2.05) is 6.92 Å².